The van der Waals surface area contributed by atoms with Crippen molar-refractivity contribution in [3.63, 3.8) is 0 Å². The van der Waals surface area contributed by atoms with Crippen molar-refractivity contribution in [3.05, 3.63) is 17.8 Å². The van der Waals surface area contributed by atoms with Crippen LogP contribution in [0.1, 0.15) is 25.3 Å². The lowest BCUT2D eigenvalue weighted by Crippen LogP contribution is -1.90. The summed E-state index contributed by atoms with van der Waals surface area (Å²) in [7, 11) is 0. The smallest absolute Gasteiger partial charge is 0.137 e. The standard InChI is InChI=1S/C9H11N3S/c1-2-3-6-13-9-8(7-10)4-5-11-12-9/h4-5H,2-3,6H2,1H3. The molecular weight excluding hydrogens is 182 g/mol. The molecule has 0 amide bonds. The predicted octanol–water partition coefficient (Wildman–Crippen LogP) is 2.24. The fourth-order valence-electron chi connectivity index (χ4n) is 0.824. The molecule has 0 saturated heterocycles. The SMILES string of the molecule is CCCCSc1nnccc1C#N. The lowest BCUT2D eigenvalue weighted by atomic mass is 10.3. The van der Waals surface area contributed by atoms with Gasteiger partial charge in [0, 0.05) is 0 Å². The second-order valence-corrected chi connectivity index (χ2v) is 3.65. The Labute approximate surface area is 82.2 Å². The van der Waals surface area contributed by atoms with Crippen molar-refractivity contribution < 1.29 is 0 Å². The molecule has 0 aliphatic heterocycles. The largest absolute Gasteiger partial charge is 0.192 e. The highest BCUT2D eigenvalue weighted by atomic mass is 32.2. The van der Waals surface area contributed by atoms with Crippen LogP contribution in [0.2, 0.25) is 0 Å². The molecule has 68 valence electrons. The number of nitriles is 1. The average molecular weight is 193 g/mol. The van der Waals surface area contributed by atoms with E-state index in [4.69, 9.17) is 5.26 Å². The van der Waals surface area contributed by atoms with Gasteiger partial charge in [-0.05, 0) is 18.2 Å². The average Bonchev–Trinajstić information content (AvgIpc) is 2.19. The van der Waals surface area contributed by atoms with E-state index in [-0.39, 0.29) is 0 Å². The molecular formula is C9H11N3S. The predicted molar refractivity (Wildman–Crippen MR) is 52.4 cm³/mol. The molecule has 0 saturated carbocycles. The number of unbranched alkanes of at least 4 members (excludes halogenated alkanes) is 1. The van der Waals surface area contributed by atoms with Crippen molar-refractivity contribution in [3.8, 4) is 6.07 Å². The Morgan fingerprint density at radius 3 is 3.15 bits per heavy atom. The second kappa shape index (κ2) is 5.55. The first-order chi connectivity index (χ1) is 6.38. The highest BCUT2D eigenvalue weighted by molar-refractivity contribution is 7.99. The first-order valence-corrected chi connectivity index (χ1v) is 5.21. The van der Waals surface area contributed by atoms with Crippen LogP contribution in [0.15, 0.2) is 17.3 Å². The van der Waals surface area contributed by atoms with Gasteiger partial charge in [0.25, 0.3) is 0 Å². The van der Waals surface area contributed by atoms with Gasteiger partial charge in [0.1, 0.15) is 11.1 Å². The first kappa shape index (κ1) is 10.0. The van der Waals surface area contributed by atoms with Crippen LogP contribution < -0.4 is 0 Å². The summed E-state index contributed by atoms with van der Waals surface area (Å²) in [4.78, 5) is 0. The summed E-state index contributed by atoms with van der Waals surface area (Å²) in [5, 5.41) is 17.2. The molecule has 3 nitrogen and oxygen atoms in total. The molecule has 0 atom stereocenters. The van der Waals surface area contributed by atoms with Gasteiger partial charge in [-0.3, -0.25) is 0 Å². The molecule has 0 unspecified atom stereocenters. The molecule has 0 spiro atoms. The fraction of sp³-hybridized carbons (Fsp3) is 0.444. The zero-order valence-corrected chi connectivity index (χ0v) is 8.34. The Bertz CT molecular complexity index is 306. The number of nitrogens with zero attached hydrogens (tertiary/aromatic N) is 3. The molecule has 1 heterocycles. The van der Waals surface area contributed by atoms with Crippen molar-refractivity contribution in [1.29, 1.82) is 5.26 Å². The Morgan fingerprint density at radius 2 is 2.46 bits per heavy atom. The van der Waals surface area contributed by atoms with E-state index in [2.05, 4.69) is 23.2 Å². The highest BCUT2D eigenvalue weighted by Gasteiger charge is 2.02. The van der Waals surface area contributed by atoms with Gasteiger partial charge in [-0.1, -0.05) is 13.3 Å². The summed E-state index contributed by atoms with van der Waals surface area (Å²) in [5.74, 6) is 1.00. The van der Waals surface area contributed by atoms with Crippen molar-refractivity contribution in [2.75, 3.05) is 5.75 Å². The minimum absolute atomic E-state index is 0.621. The van der Waals surface area contributed by atoms with Gasteiger partial charge < -0.3 is 0 Å². The number of rotatable bonds is 4. The zero-order chi connectivity index (χ0) is 9.52. The lowest BCUT2D eigenvalue weighted by molar-refractivity contribution is 0.884. The van der Waals surface area contributed by atoms with E-state index in [1.807, 2.05) is 0 Å². The van der Waals surface area contributed by atoms with E-state index in [1.54, 1.807) is 24.0 Å². The first-order valence-electron chi connectivity index (χ1n) is 4.23. The molecule has 0 aliphatic rings. The van der Waals surface area contributed by atoms with E-state index in [1.165, 1.54) is 0 Å². The summed E-state index contributed by atoms with van der Waals surface area (Å²) in [6.45, 7) is 2.14. The molecule has 0 radical (unpaired) electrons. The summed E-state index contributed by atoms with van der Waals surface area (Å²) in [5.41, 5.74) is 0.621. The Kier molecular flexibility index (Phi) is 4.27. The van der Waals surface area contributed by atoms with Crippen LogP contribution >= 0.6 is 11.8 Å². The van der Waals surface area contributed by atoms with Crippen LogP contribution in [-0.4, -0.2) is 16.0 Å². The number of hydrogen-bond acceptors (Lipinski definition) is 4. The monoisotopic (exact) mass is 193 g/mol. The van der Waals surface area contributed by atoms with Crippen LogP contribution in [0, 0.1) is 11.3 Å². The molecule has 0 aromatic carbocycles. The Hall–Kier alpha value is -1.08. The molecule has 1 aromatic heterocycles. The van der Waals surface area contributed by atoms with Crippen LogP contribution in [0.3, 0.4) is 0 Å². The second-order valence-electron chi connectivity index (χ2n) is 2.56. The normalized spacial score (nSPS) is 9.54. The number of hydrogen-bond donors (Lipinski definition) is 0. The van der Waals surface area contributed by atoms with Gasteiger partial charge in [0.15, 0.2) is 0 Å². The zero-order valence-electron chi connectivity index (χ0n) is 7.53. The number of aromatic nitrogens is 2. The van der Waals surface area contributed by atoms with Crippen molar-refractivity contribution in [2.45, 2.75) is 24.8 Å². The van der Waals surface area contributed by atoms with Gasteiger partial charge >= 0.3 is 0 Å². The maximum absolute atomic E-state index is 8.74. The van der Waals surface area contributed by atoms with Crippen LogP contribution in [0.5, 0.6) is 0 Å². The maximum Gasteiger partial charge on any atom is 0.137 e. The summed E-state index contributed by atoms with van der Waals surface area (Å²) in [6, 6.07) is 3.79. The molecule has 0 bridgehead atoms. The maximum atomic E-state index is 8.74. The minimum atomic E-state index is 0.621. The van der Waals surface area contributed by atoms with Gasteiger partial charge in [0.2, 0.25) is 0 Å². The molecule has 0 fully saturated rings. The van der Waals surface area contributed by atoms with Gasteiger partial charge in [0.05, 0.1) is 11.8 Å². The Balaban J connectivity index is 2.60. The quantitative estimate of drug-likeness (QED) is 0.543. The van der Waals surface area contributed by atoms with Crippen molar-refractivity contribution in [1.82, 2.24) is 10.2 Å². The van der Waals surface area contributed by atoms with E-state index in [0.717, 1.165) is 23.6 Å². The van der Waals surface area contributed by atoms with E-state index < -0.39 is 0 Å². The number of thioether (sulfide) groups is 1. The molecule has 1 rings (SSSR count). The van der Waals surface area contributed by atoms with E-state index in [0.29, 0.717) is 5.56 Å². The topological polar surface area (TPSA) is 49.6 Å². The molecule has 0 N–H and O–H groups in total. The third-order valence-corrected chi connectivity index (χ3v) is 2.61. The van der Waals surface area contributed by atoms with Crippen LogP contribution in [0.25, 0.3) is 0 Å². The highest BCUT2D eigenvalue weighted by Crippen LogP contribution is 2.19. The summed E-state index contributed by atoms with van der Waals surface area (Å²) >= 11 is 1.60. The molecule has 13 heavy (non-hydrogen) atoms. The van der Waals surface area contributed by atoms with Gasteiger partial charge in [-0.2, -0.15) is 10.4 Å². The fourth-order valence-corrected chi connectivity index (χ4v) is 1.82. The third kappa shape index (κ3) is 3.03. The molecule has 0 aliphatic carbocycles. The van der Waals surface area contributed by atoms with Crippen LogP contribution in [0.4, 0.5) is 0 Å². The lowest BCUT2D eigenvalue weighted by Gasteiger charge is -1.99. The van der Waals surface area contributed by atoms with Crippen LogP contribution in [-0.2, 0) is 0 Å². The molecule has 1 aromatic rings. The van der Waals surface area contributed by atoms with E-state index in [9.17, 15) is 0 Å². The van der Waals surface area contributed by atoms with Gasteiger partial charge in [-0.15, -0.1) is 16.9 Å². The van der Waals surface area contributed by atoms with Crippen molar-refractivity contribution in [2.24, 2.45) is 0 Å². The van der Waals surface area contributed by atoms with Gasteiger partial charge in [-0.25, -0.2) is 0 Å². The molecule has 4 heteroatoms. The van der Waals surface area contributed by atoms with Crippen molar-refractivity contribution >= 4 is 11.8 Å². The van der Waals surface area contributed by atoms with E-state index >= 15 is 0 Å². The summed E-state index contributed by atoms with van der Waals surface area (Å²) in [6.07, 6.45) is 3.85. The summed E-state index contributed by atoms with van der Waals surface area (Å²) < 4.78 is 0. The third-order valence-electron chi connectivity index (χ3n) is 1.54. The minimum Gasteiger partial charge on any atom is -0.192 e. The Morgan fingerprint density at radius 1 is 1.62 bits per heavy atom.